The minimum absolute atomic E-state index is 0.543. The van der Waals surface area contributed by atoms with E-state index in [-0.39, 0.29) is 0 Å². The lowest BCUT2D eigenvalue weighted by molar-refractivity contribution is 0.325. The number of aryl methyl sites for hydroxylation is 1. The highest BCUT2D eigenvalue weighted by Gasteiger charge is 2.09. The third-order valence-corrected chi connectivity index (χ3v) is 2.41. The van der Waals surface area contributed by atoms with E-state index in [1.54, 1.807) is 6.20 Å². The Balaban J connectivity index is 2.39. The van der Waals surface area contributed by atoms with Crippen LogP contribution < -0.4 is 10.5 Å². The third-order valence-electron chi connectivity index (χ3n) is 2.41. The molecular formula is C12H17N5O. The zero-order valence-corrected chi connectivity index (χ0v) is 10.6. The van der Waals surface area contributed by atoms with Crippen LogP contribution in [0.3, 0.4) is 0 Å². The van der Waals surface area contributed by atoms with E-state index in [1.165, 1.54) is 0 Å². The first-order chi connectivity index (χ1) is 8.74. The Morgan fingerprint density at radius 1 is 1.39 bits per heavy atom. The Labute approximate surface area is 106 Å². The zero-order chi connectivity index (χ0) is 13.0. The normalized spacial score (nSPS) is 10.6. The fraction of sp³-hybridized carbons (Fsp3) is 0.417. The molecule has 0 saturated heterocycles. The molecule has 0 spiro atoms. The summed E-state index contributed by atoms with van der Waals surface area (Å²) in [6.45, 7) is 4.96. The molecule has 2 heterocycles. The van der Waals surface area contributed by atoms with Gasteiger partial charge in [0.1, 0.15) is 5.82 Å². The van der Waals surface area contributed by atoms with Gasteiger partial charge in [-0.25, -0.2) is 9.97 Å². The Kier molecular flexibility index (Phi) is 3.88. The molecule has 0 unspecified atom stereocenters. The van der Waals surface area contributed by atoms with Crippen molar-refractivity contribution in [2.45, 2.75) is 20.3 Å². The number of hydrogen-bond acceptors (Lipinski definition) is 5. The first kappa shape index (κ1) is 12.5. The standard InChI is InChI=1S/C12H17N5O/c1-3-18-11-8-9(2)15-12(16-11)17-7-6-14-10(17)4-5-13/h6-8H,3-5,13H2,1-2H3. The fourth-order valence-electron chi connectivity index (χ4n) is 1.68. The van der Waals surface area contributed by atoms with Crippen LogP contribution in [0.1, 0.15) is 18.4 Å². The second-order valence-electron chi connectivity index (χ2n) is 3.83. The molecule has 0 aliphatic carbocycles. The molecule has 0 atom stereocenters. The first-order valence-corrected chi connectivity index (χ1v) is 5.95. The van der Waals surface area contributed by atoms with Gasteiger partial charge in [0.2, 0.25) is 11.8 Å². The lowest BCUT2D eigenvalue weighted by Gasteiger charge is -2.08. The molecule has 6 nitrogen and oxygen atoms in total. The summed E-state index contributed by atoms with van der Waals surface area (Å²) in [7, 11) is 0. The molecule has 2 N–H and O–H groups in total. The molecule has 96 valence electrons. The molecule has 0 bridgehead atoms. The summed E-state index contributed by atoms with van der Waals surface area (Å²) < 4.78 is 7.25. The van der Waals surface area contributed by atoms with Gasteiger partial charge in [-0.3, -0.25) is 4.57 Å². The lowest BCUT2D eigenvalue weighted by Crippen LogP contribution is -2.11. The number of hydrogen-bond donors (Lipinski definition) is 1. The number of rotatable bonds is 5. The summed E-state index contributed by atoms with van der Waals surface area (Å²) >= 11 is 0. The van der Waals surface area contributed by atoms with E-state index in [0.717, 1.165) is 11.5 Å². The van der Waals surface area contributed by atoms with Gasteiger partial charge >= 0.3 is 0 Å². The fourth-order valence-corrected chi connectivity index (χ4v) is 1.68. The summed E-state index contributed by atoms with van der Waals surface area (Å²) in [6.07, 6.45) is 4.24. The highest BCUT2D eigenvalue weighted by molar-refractivity contribution is 5.24. The predicted molar refractivity (Wildman–Crippen MR) is 67.8 cm³/mol. The SMILES string of the molecule is CCOc1cc(C)nc(-n2ccnc2CCN)n1. The van der Waals surface area contributed by atoms with Crippen LogP contribution in [-0.2, 0) is 6.42 Å². The van der Waals surface area contributed by atoms with Gasteiger partial charge in [-0.2, -0.15) is 4.98 Å². The quantitative estimate of drug-likeness (QED) is 0.848. The van der Waals surface area contributed by atoms with Crippen LogP contribution >= 0.6 is 0 Å². The number of nitrogens with zero attached hydrogens (tertiary/aromatic N) is 4. The van der Waals surface area contributed by atoms with E-state index in [2.05, 4.69) is 15.0 Å². The molecule has 2 aromatic heterocycles. The van der Waals surface area contributed by atoms with Crippen molar-refractivity contribution >= 4 is 0 Å². The molecule has 0 fully saturated rings. The molecule has 0 aliphatic rings. The van der Waals surface area contributed by atoms with Crippen LogP contribution in [0.15, 0.2) is 18.5 Å². The second-order valence-corrected chi connectivity index (χ2v) is 3.83. The molecule has 2 aromatic rings. The van der Waals surface area contributed by atoms with Crippen LogP contribution in [0, 0.1) is 6.92 Å². The third kappa shape index (κ3) is 2.65. The van der Waals surface area contributed by atoms with Gasteiger partial charge in [-0.15, -0.1) is 0 Å². The van der Waals surface area contributed by atoms with Crippen molar-refractivity contribution in [3.63, 3.8) is 0 Å². The highest BCUT2D eigenvalue weighted by Crippen LogP contribution is 2.13. The monoisotopic (exact) mass is 247 g/mol. The molecule has 0 radical (unpaired) electrons. The highest BCUT2D eigenvalue weighted by atomic mass is 16.5. The molecular weight excluding hydrogens is 230 g/mol. The molecule has 0 aliphatic heterocycles. The Morgan fingerprint density at radius 2 is 2.22 bits per heavy atom. The smallest absolute Gasteiger partial charge is 0.238 e. The Hall–Kier alpha value is -1.95. The topological polar surface area (TPSA) is 78.8 Å². The average molecular weight is 247 g/mol. The average Bonchev–Trinajstić information content (AvgIpc) is 2.77. The first-order valence-electron chi connectivity index (χ1n) is 5.95. The molecule has 0 saturated carbocycles. The van der Waals surface area contributed by atoms with E-state index in [4.69, 9.17) is 10.5 Å². The maximum absolute atomic E-state index is 5.56. The zero-order valence-electron chi connectivity index (χ0n) is 10.6. The molecule has 0 amide bonds. The van der Waals surface area contributed by atoms with Crippen molar-refractivity contribution in [3.05, 3.63) is 30.0 Å². The number of imidazole rings is 1. The van der Waals surface area contributed by atoms with Gasteiger partial charge in [0.25, 0.3) is 0 Å². The van der Waals surface area contributed by atoms with Crippen molar-refractivity contribution in [1.29, 1.82) is 0 Å². The molecule has 0 aromatic carbocycles. The van der Waals surface area contributed by atoms with Gasteiger partial charge < -0.3 is 10.5 Å². The van der Waals surface area contributed by atoms with Crippen molar-refractivity contribution in [2.24, 2.45) is 5.73 Å². The van der Waals surface area contributed by atoms with Gasteiger partial charge in [-0.05, 0) is 20.4 Å². The van der Waals surface area contributed by atoms with Crippen LogP contribution in [0.25, 0.3) is 5.95 Å². The largest absolute Gasteiger partial charge is 0.478 e. The Bertz CT molecular complexity index is 523. The van der Waals surface area contributed by atoms with E-state index in [1.807, 2.05) is 30.7 Å². The van der Waals surface area contributed by atoms with Gasteiger partial charge in [0.15, 0.2) is 0 Å². The van der Waals surface area contributed by atoms with Crippen molar-refractivity contribution < 1.29 is 4.74 Å². The summed E-state index contributed by atoms with van der Waals surface area (Å²) in [6, 6.07) is 1.81. The van der Waals surface area contributed by atoms with Crippen LogP contribution in [0.2, 0.25) is 0 Å². The van der Waals surface area contributed by atoms with E-state index < -0.39 is 0 Å². The molecule has 2 rings (SSSR count). The summed E-state index contributed by atoms with van der Waals surface area (Å²) in [5.74, 6) is 2.00. The van der Waals surface area contributed by atoms with Crippen LogP contribution in [-0.4, -0.2) is 32.7 Å². The second kappa shape index (κ2) is 5.59. The minimum Gasteiger partial charge on any atom is -0.478 e. The van der Waals surface area contributed by atoms with E-state index >= 15 is 0 Å². The van der Waals surface area contributed by atoms with Crippen molar-refractivity contribution in [2.75, 3.05) is 13.2 Å². The maximum Gasteiger partial charge on any atom is 0.238 e. The predicted octanol–water partition coefficient (Wildman–Crippen LogP) is 0.871. The van der Waals surface area contributed by atoms with E-state index in [9.17, 15) is 0 Å². The maximum atomic E-state index is 5.56. The van der Waals surface area contributed by atoms with Gasteiger partial charge in [0, 0.05) is 30.6 Å². The lowest BCUT2D eigenvalue weighted by atomic mass is 10.4. The van der Waals surface area contributed by atoms with E-state index in [0.29, 0.717) is 31.4 Å². The molecule has 6 heteroatoms. The Morgan fingerprint density at radius 3 is 2.94 bits per heavy atom. The summed E-state index contributed by atoms with van der Waals surface area (Å²) in [5, 5.41) is 0. The number of ether oxygens (including phenoxy) is 1. The number of nitrogens with two attached hydrogens (primary N) is 1. The van der Waals surface area contributed by atoms with Crippen molar-refractivity contribution in [1.82, 2.24) is 19.5 Å². The van der Waals surface area contributed by atoms with Crippen LogP contribution in [0.4, 0.5) is 0 Å². The summed E-state index contributed by atoms with van der Waals surface area (Å²) in [4.78, 5) is 13.0. The van der Waals surface area contributed by atoms with Gasteiger partial charge in [-0.1, -0.05) is 0 Å². The van der Waals surface area contributed by atoms with Gasteiger partial charge in [0.05, 0.1) is 6.61 Å². The number of aromatic nitrogens is 4. The summed E-state index contributed by atoms with van der Waals surface area (Å²) in [5.41, 5.74) is 6.41. The van der Waals surface area contributed by atoms with Crippen LogP contribution in [0.5, 0.6) is 5.88 Å². The van der Waals surface area contributed by atoms with Crippen molar-refractivity contribution in [3.8, 4) is 11.8 Å². The molecule has 18 heavy (non-hydrogen) atoms. The minimum atomic E-state index is 0.543.